The molecule has 0 bridgehead atoms. The molecule has 0 amide bonds. The molecule has 0 N–H and O–H groups in total. The van der Waals surface area contributed by atoms with Crippen LogP contribution in [0.2, 0.25) is 0 Å². The molecule has 1 aliphatic rings. The predicted octanol–water partition coefficient (Wildman–Crippen LogP) is 2.13. The smallest absolute Gasteiger partial charge is 0.103 e. The van der Waals surface area contributed by atoms with E-state index in [1.165, 1.54) is 0 Å². The monoisotopic (exact) mass is 278 g/mol. The standard InChI is InChI=1S/C14H18N2O2S/c1-17-12-8-16(9-13(12)18-2)11-5-4-6-14(19-3)10(11)7-15/h4-6,12-13H,8-9H2,1-3H3. The van der Waals surface area contributed by atoms with Crippen LogP contribution in [0.1, 0.15) is 5.56 Å². The van der Waals surface area contributed by atoms with Crippen LogP contribution in [-0.4, -0.2) is 45.8 Å². The van der Waals surface area contributed by atoms with Crippen molar-refractivity contribution in [3.8, 4) is 6.07 Å². The van der Waals surface area contributed by atoms with Gasteiger partial charge in [-0.25, -0.2) is 0 Å². The van der Waals surface area contributed by atoms with Gasteiger partial charge in [0.2, 0.25) is 0 Å². The second kappa shape index (κ2) is 6.29. The van der Waals surface area contributed by atoms with Gasteiger partial charge in [-0.15, -0.1) is 11.8 Å². The van der Waals surface area contributed by atoms with Crippen LogP contribution < -0.4 is 4.90 Å². The largest absolute Gasteiger partial charge is 0.377 e. The van der Waals surface area contributed by atoms with E-state index in [1.807, 2.05) is 24.5 Å². The van der Waals surface area contributed by atoms with Crippen molar-refractivity contribution in [2.75, 3.05) is 38.5 Å². The van der Waals surface area contributed by atoms with Crippen molar-refractivity contribution in [2.45, 2.75) is 17.1 Å². The van der Waals surface area contributed by atoms with Crippen molar-refractivity contribution in [3.63, 3.8) is 0 Å². The molecule has 4 nitrogen and oxygen atoms in total. The summed E-state index contributed by atoms with van der Waals surface area (Å²) in [6.07, 6.45) is 2.09. The molecule has 0 spiro atoms. The zero-order chi connectivity index (χ0) is 13.8. The van der Waals surface area contributed by atoms with Gasteiger partial charge >= 0.3 is 0 Å². The van der Waals surface area contributed by atoms with Gasteiger partial charge < -0.3 is 14.4 Å². The lowest BCUT2D eigenvalue weighted by molar-refractivity contribution is -0.00461. The van der Waals surface area contributed by atoms with Crippen molar-refractivity contribution in [1.29, 1.82) is 5.26 Å². The van der Waals surface area contributed by atoms with E-state index >= 15 is 0 Å². The molecule has 1 heterocycles. The average molecular weight is 278 g/mol. The van der Waals surface area contributed by atoms with E-state index < -0.39 is 0 Å². The number of anilines is 1. The van der Waals surface area contributed by atoms with Crippen molar-refractivity contribution in [3.05, 3.63) is 23.8 Å². The third-order valence-corrected chi connectivity index (χ3v) is 4.28. The summed E-state index contributed by atoms with van der Waals surface area (Å²) < 4.78 is 10.9. The lowest BCUT2D eigenvalue weighted by Gasteiger charge is -2.20. The van der Waals surface area contributed by atoms with Gasteiger partial charge in [-0.3, -0.25) is 0 Å². The molecule has 1 aliphatic heterocycles. The maximum absolute atomic E-state index is 9.38. The Balaban J connectivity index is 2.31. The first-order chi connectivity index (χ1) is 9.24. The van der Waals surface area contributed by atoms with Crippen molar-refractivity contribution < 1.29 is 9.47 Å². The molecule has 1 saturated heterocycles. The normalized spacial score (nSPS) is 22.5. The summed E-state index contributed by atoms with van der Waals surface area (Å²) in [4.78, 5) is 3.18. The first-order valence-corrected chi connectivity index (χ1v) is 7.35. The molecular formula is C14H18N2O2S. The third kappa shape index (κ3) is 2.71. The number of rotatable bonds is 4. The molecule has 0 radical (unpaired) electrons. The number of nitriles is 1. The second-order valence-electron chi connectivity index (χ2n) is 4.42. The minimum atomic E-state index is 0.0504. The maximum Gasteiger partial charge on any atom is 0.103 e. The summed E-state index contributed by atoms with van der Waals surface area (Å²) >= 11 is 1.59. The number of nitrogens with zero attached hydrogens (tertiary/aromatic N) is 2. The Labute approximate surface area is 118 Å². The number of methoxy groups -OCH3 is 2. The van der Waals surface area contributed by atoms with Gasteiger partial charge in [-0.2, -0.15) is 5.26 Å². The summed E-state index contributed by atoms with van der Waals surface area (Å²) in [5.74, 6) is 0. The summed E-state index contributed by atoms with van der Waals surface area (Å²) in [5, 5.41) is 9.38. The molecule has 2 atom stereocenters. The lowest BCUT2D eigenvalue weighted by Crippen LogP contribution is -2.27. The molecule has 0 aromatic heterocycles. The van der Waals surface area contributed by atoms with E-state index in [0.717, 1.165) is 29.2 Å². The molecule has 2 unspecified atom stereocenters. The molecule has 102 valence electrons. The van der Waals surface area contributed by atoms with Gasteiger partial charge in [0.15, 0.2) is 0 Å². The zero-order valence-electron chi connectivity index (χ0n) is 11.4. The molecule has 0 aliphatic carbocycles. The molecular weight excluding hydrogens is 260 g/mol. The van der Waals surface area contributed by atoms with Crippen LogP contribution >= 0.6 is 11.8 Å². The number of hydrogen-bond acceptors (Lipinski definition) is 5. The average Bonchev–Trinajstić information content (AvgIpc) is 2.89. The van der Waals surface area contributed by atoms with Crippen molar-refractivity contribution in [1.82, 2.24) is 0 Å². The van der Waals surface area contributed by atoms with Crippen LogP contribution in [0.3, 0.4) is 0 Å². The topological polar surface area (TPSA) is 45.5 Å². The highest BCUT2D eigenvalue weighted by atomic mass is 32.2. The fraction of sp³-hybridized carbons (Fsp3) is 0.500. The number of thioether (sulfide) groups is 1. The van der Waals surface area contributed by atoms with Gasteiger partial charge in [0.05, 0.1) is 11.3 Å². The summed E-state index contributed by atoms with van der Waals surface area (Å²) in [6.45, 7) is 1.50. The molecule has 1 aromatic carbocycles. The van der Waals surface area contributed by atoms with E-state index in [-0.39, 0.29) is 12.2 Å². The quantitative estimate of drug-likeness (QED) is 0.790. The Kier molecular flexibility index (Phi) is 4.70. The minimum Gasteiger partial charge on any atom is -0.377 e. The summed E-state index contributed by atoms with van der Waals surface area (Å²) in [6, 6.07) is 8.27. The first kappa shape index (κ1) is 14.2. The summed E-state index contributed by atoms with van der Waals surface area (Å²) in [7, 11) is 3.40. The van der Waals surface area contributed by atoms with Crippen molar-refractivity contribution in [2.24, 2.45) is 0 Å². The van der Waals surface area contributed by atoms with Crippen LogP contribution in [0.15, 0.2) is 23.1 Å². The van der Waals surface area contributed by atoms with Gasteiger partial charge in [-0.05, 0) is 18.4 Å². The highest BCUT2D eigenvalue weighted by Crippen LogP contribution is 2.31. The minimum absolute atomic E-state index is 0.0504. The molecule has 1 fully saturated rings. The number of benzene rings is 1. The third-order valence-electron chi connectivity index (χ3n) is 3.50. The van der Waals surface area contributed by atoms with Gasteiger partial charge in [-0.1, -0.05) is 6.07 Å². The Morgan fingerprint density at radius 3 is 2.37 bits per heavy atom. The SMILES string of the molecule is COC1CN(c2cccc(SC)c2C#N)CC1OC. The highest BCUT2D eigenvalue weighted by molar-refractivity contribution is 7.98. The zero-order valence-corrected chi connectivity index (χ0v) is 12.2. The van der Waals surface area contributed by atoms with E-state index in [4.69, 9.17) is 9.47 Å². The molecule has 2 rings (SSSR count). The molecule has 19 heavy (non-hydrogen) atoms. The molecule has 5 heteroatoms. The van der Waals surface area contributed by atoms with Crippen LogP contribution in [-0.2, 0) is 9.47 Å². The Morgan fingerprint density at radius 2 is 1.89 bits per heavy atom. The van der Waals surface area contributed by atoms with Crippen LogP contribution in [0.5, 0.6) is 0 Å². The summed E-state index contributed by atoms with van der Waals surface area (Å²) in [5.41, 5.74) is 1.71. The highest BCUT2D eigenvalue weighted by Gasteiger charge is 2.34. The lowest BCUT2D eigenvalue weighted by atomic mass is 10.2. The van der Waals surface area contributed by atoms with Crippen LogP contribution in [0.4, 0.5) is 5.69 Å². The van der Waals surface area contributed by atoms with Crippen molar-refractivity contribution >= 4 is 17.4 Å². The van der Waals surface area contributed by atoms with E-state index in [2.05, 4.69) is 11.0 Å². The fourth-order valence-corrected chi connectivity index (χ4v) is 3.03. The van der Waals surface area contributed by atoms with E-state index in [9.17, 15) is 5.26 Å². The Bertz CT molecular complexity index is 475. The van der Waals surface area contributed by atoms with Crippen LogP contribution in [0, 0.1) is 11.3 Å². The van der Waals surface area contributed by atoms with Gasteiger partial charge in [0.25, 0.3) is 0 Å². The predicted molar refractivity (Wildman–Crippen MR) is 76.7 cm³/mol. The number of hydrogen-bond donors (Lipinski definition) is 0. The molecule has 1 aromatic rings. The maximum atomic E-state index is 9.38. The molecule has 0 saturated carbocycles. The van der Waals surface area contributed by atoms with E-state index in [0.29, 0.717) is 0 Å². The van der Waals surface area contributed by atoms with Gasteiger partial charge in [0, 0.05) is 32.2 Å². The fourth-order valence-electron chi connectivity index (χ4n) is 2.46. The van der Waals surface area contributed by atoms with E-state index in [1.54, 1.807) is 26.0 Å². The Morgan fingerprint density at radius 1 is 1.26 bits per heavy atom. The van der Waals surface area contributed by atoms with Gasteiger partial charge in [0.1, 0.15) is 18.3 Å². The Hall–Kier alpha value is -1.22. The van der Waals surface area contributed by atoms with Crippen LogP contribution in [0.25, 0.3) is 0 Å². The number of ether oxygens (including phenoxy) is 2. The second-order valence-corrected chi connectivity index (χ2v) is 5.27. The first-order valence-electron chi connectivity index (χ1n) is 6.12.